The minimum Gasteiger partial charge on any atom is -0.368 e. The van der Waals surface area contributed by atoms with Crippen molar-refractivity contribution in [2.75, 3.05) is 23.8 Å². The summed E-state index contributed by atoms with van der Waals surface area (Å²) in [6.07, 6.45) is 11.0. The molecule has 0 saturated carbocycles. The first-order chi connectivity index (χ1) is 30.3. The lowest BCUT2D eigenvalue weighted by Crippen LogP contribution is -2.35. The van der Waals surface area contributed by atoms with Crippen molar-refractivity contribution in [3.05, 3.63) is 129 Å². The third-order valence-corrected chi connectivity index (χ3v) is 11.8. The topological polar surface area (TPSA) is 218 Å². The molecule has 4 aliphatic rings. The van der Waals surface area contributed by atoms with E-state index in [2.05, 4.69) is 100.0 Å². The zero-order chi connectivity index (χ0) is 42.4. The Labute approximate surface area is 358 Å². The van der Waals surface area contributed by atoms with Crippen LogP contribution >= 0.6 is 0 Å². The average Bonchev–Trinajstić information content (AvgIpc) is 4.15. The molecule has 0 saturated heterocycles. The fraction of sp³-hybridized carbons (Fsp3) is 0.409. The normalized spacial score (nSPS) is 16.2. The van der Waals surface area contributed by atoms with Crippen LogP contribution in [0.1, 0.15) is 70.0 Å². The summed E-state index contributed by atoms with van der Waals surface area (Å²) in [4.78, 5) is 47.5. The molecule has 6 heterocycles. The van der Waals surface area contributed by atoms with Crippen molar-refractivity contribution in [2.24, 2.45) is 0 Å². The van der Waals surface area contributed by atoms with Gasteiger partial charge in [-0.3, -0.25) is 9.59 Å². The molecule has 10 rings (SSSR count). The number of ether oxygens (including phenoxy) is 2. The second-order valence-corrected chi connectivity index (χ2v) is 16.2. The first-order valence-corrected chi connectivity index (χ1v) is 21.2. The van der Waals surface area contributed by atoms with Gasteiger partial charge in [-0.15, -0.1) is 0 Å². The second-order valence-electron chi connectivity index (χ2n) is 16.2. The van der Waals surface area contributed by atoms with Gasteiger partial charge in [0.25, 0.3) is 11.8 Å². The van der Waals surface area contributed by atoms with Crippen LogP contribution in [0, 0.1) is 0 Å². The van der Waals surface area contributed by atoms with E-state index in [1.807, 2.05) is 12.4 Å². The van der Waals surface area contributed by atoms with E-state index in [-0.39, 0.29) is 11.8 Å². The Kier molecular flexibility index (Phi) is 12.2. The Morgan fingerprint density at radius 3 is 1.39 bits per heavy atom. The van der Waals surface area contributed by atoms with E-state index in [9.17, 15) is 9.59 Å². The second kappa shape index (κ2) is 18.5. The maximum absolute atomic E-state index is 12.8. The maximum Gasteiger partial charge on any atom is 0.252 e. The van der Waals surface area contributed by atoms with Crippen LogP contribution in [0.15, 0.2) is 73.3 Å². The molecular weight excluding hydrogens is 789 g/mol. The van der Waals surface area contributed by atoms with Crippen LogP contribution in [0.2, 0.25) is 0 Å². The van der Waals surface area contributed by atoms with Gasteiger partial charge in [0.15, 0.2) is 0 Å². The SMILES string of the molecule is C[C@@H](OCCc1cn[nH]n1)C(=O)N1Cc2cnc(NC3Cc4ccccc4C3)nc2C1.C[C@H](OCCc1cn[nH]n1)C(=O)N1Cc2cnc(NC3Cc4ccccc4C3)nc2C1. The lowest BCUT2D eigenvalue weighted by Gasteiger charge is -2.20. The number of hydrogen-bond acceptors (Lipinski definition) is 14. The molecule has 2 amide bonds. The molecule has 0 bridgehead atoms. The number of benzene rings is 2. The largest absolute Gasteiger partial charge is 0.368 e. The molecule has 18 heteroatoms. The highest BCUT2D eigenvalue weighted by molar-refractivity contribution is 5.81. The van der Waals surface area contributed by atoms with Crippen LogP contribution in [-0.4, -0.2) is 110 Å². The summed E-state index contributed by atoms with van der Waals surface area (Å²) in [5.41, 5.74) is 10.9. The maximum atomic E-state index is 12.8. The molecular formula is C44H50N14O4. The van der Waals surface area contributed by atoms with Crippen molar-refractivity contribution in [2.45, 2.75) is 103 Å². The molecule has 4 aromatic heterocycles. The third kappa shape index (κ3) is 9.61. The number of aromatic nitrogens is 10. The smallest absolute Gasteiger partial charge is 0.252 e. The number of carbonyl (C=O) groups excluding carboxylic acids is 2. The summed E-state index contributed by atoms with van der Waals surface area (Å²) in [6, 6.07) is 17.6. The van der Waals surface area contributed by atoms with Gasteiger partial charge >= 0.3 is 0 Å². The summed E-state index contributed by atoms with van der Waals surface area (Å²) in [5, 5.41) is 27.6. The summed E-state index contributed by atoms with van der Waals surface area (Å²) in [6.45, 7) is 6.38. The van der Waals surface area contributed by atoms with Gasteiger partial charge < -0.3 is 29.9 Å². The van der Waals surface area contributed by atoms with Crippen LogP contribution in [0.25, 0.3) is 0 Å². The van der Waals surface area contributed by atoms with Gasteiger partial charge in [0.2, 0.25) is 11.9 Å². The van der Waals surface area contributed by atoms with E-state index in [0.29, 0.717) is 76.2 Å². The zero-order valence-corrected chi connectivity index (χ0v) is 34.8. The Bertz CT molecular complexity index is 2260. The Morgan fingerprint density at radius 2 is 1.02 bits per heavy atom. The number of hydrogen-bond donors (Lipinski definition) is 4. The highest BCUT2D eigenvalue weighted by atomic mass is 16.5. The summed E-state index contributed by atoms with van der Waals surface area (Å²) in [7, 11) is 0. The van der Waals surface area contributed by atoms with Crippen LogP contribution in [0.5, 0.6) is 0 Å². The van der Waals surface area contributed by atoms with Crippen molar-refractivity contribution in [3.63, 3.8) is 0 Å². The molecule has 62 heavy (non-hydrogen) atoms. The van der Waals surface area contributed by atoms with Crippen molar-refractivity contribution in [3.8, 4) is 0 Å². The average molecular weight is 839 g/mol. The summed E-state index contributed by atoms with van der Waals surface area (Å²) >= 11 is 0. The first kappa shape index (κ1) is 40.7. The van der Waals surface area contributed by atoms with Crippen LogP contribution in [-0.2, 0) is 83.8 Å². The number of fused-ring (bicyclic) bond motifs is 4. The van der Waals surface area contributed by atoms with E-state index < -0.39 is 12.2 Å². The Balaban J connectivity index is 0.000000158. The number of amides is 2. The van der Waals surface area contributed by atoms with E-state index in [1.165, 1.54) is 22.3 Å². The monoisotopic (exact) mass is 838 g/mol. The van der Waals surface area contributed by atoms with E-state index in [0.717, 1.165) is 59.6 Å². The third-order valence-electron chi connectivity index (χ3n) is 11.8. The lowest BCUT2D eigenvalue weighted by atomic mass is 10.1. The summed E-state index contributed by atoms with van der Waals surface area (Å²) in [5.74, 6) is 1.17. The predicted molar refractivity (Wildman–Crippen MR) is 226 cm³/mol. The molecule has 2 aliphatic carbocycles. The Morgan fingerprint density at radius 1 is 0.613 bits per heavy atom. The predicted octanol–water partition coefficient (Wildman–Crippen LogP) is 3.33. The first-order valence-electron chi connectivity index (χ1n) is 21.2. The van der Waals surface area contributed by atoms with E-state index in [1.54, 1.807) is 36.0 Å². The number of anilines is 2. The summed E-state index contributed by atoms with van der Waals surface area (Å²) < 4.78 is 11.4. The van der Waals surface area contributed by atoms with Crippen LogP contribution < -0.4 is 10.6 Å². The molecule has 320 valence electrons. The fourth-order valence-corrected chi connectivity index (χ4v) is 8.47. The number of aromatic amines is 2. The van der Waals surface area contributed by atoms with Gasteiger partial charge in [-0.2, -0.15) is 30.8 Å². The Hall–Kier alpha value is -6.66. The van der Waals surface area contributed by atoms with E-state index >= 15 is 0 Å². The van der Waals surface area contributed by atoms with Crippen molar-refractivity contribution in [1.29, 1.82) is 0 Å². The van der Waals surface area contributed by atoms with Gasteiger partial charge in [0, 0.05) is 61.5 Å². The number of H-pyrrole nitrogens is 2. The van der Waals surface area contributed by atoms with Crippen molar-refractivity contribution >= 4 is 23.7 Å². The lowest BCUT2D eigenvalue weighted by molar-refractivity contribution is -0.143. The zero-order valence-electron chi connectivity index (χ0n) is 34.8. The van der Waals surface area contributed by atoms with Crippen molar-refractivity contribution in [1.82, 2.24) is 60.6 Å². The van der Waals surface area contributed by atoms with Crippen molar-refractivity contribution < 1.29 is 19.1 Å². The molecule has 0 fully saturated rings. The standard InChI is InChI=1S/2C22H25N7O2/c2*1-14(31-7-6-18-11-24-28-27-18)21(30)29-12-17-10-23-22(26-20(17)13-29)25-19-8-15-4-2-3-5-16(15)9-19/h2*2-5,10-11,14,19H,6-9,12-13H2,1H3,(H,23,25,26)(H,24,27,28)/t2*14-/m10/s1. The molecule has 18 nitrogen and oxygen atoms in total. The molecule has 6 aromatic rings. The number of rotatable bonds is 14. The number of nitrogens with one attached hydrogen (secondary N) is 4. The molecule has 2 atom stereocenters. The minimum atomic E-state index is -0.524. The molecule has 0 spiro atoms. The number of nitrogens with zero attached hydrogens (tertiary/aromatic N) is 10. The van der Waals surface area contributed by atoms with Gasteiger partial charge in [0.1, 0.15) is 12.2 Å². The molecule has 4 N–H and O–H groups in total. The van der Waals surface area contributed by atoms with Gasteiger partial charge in [-0.1, -0.05) is 48.5 Å². The minimum absolute atomic E-state index is 0.0427. The van der Waals surface area contributed by atoms with Gasteiger partial charge in [0.05, 0.1) is 61.5 Å². The van der Waals surface area contributed by atoms with Crippen LogP contribution in [0.3, 0.4) is 0 Å². The number of carbonyl (C=O) groups is 2. The fourth-order valence-electron chi connectivity index (χ4n) is 8.47. The van der Waals surface area contributed by atoms with Gasteiger partial charge in [-0.25, -0.2) is 19.9 Å². The molecule has 2 aliphatic heterocycles. The van der Waals surface area contributed by atoms with E-state index in [4.69, 9.17) is 19.4 Å². The molecule has 0 unspecified atom stereocenters. The molecule has 0 radical (unpaired) electrons. The molecule has 2 aromatic carbocycles. The quantitative estimate of drug-likeness (QED) is 0.124. The van der Waals surface area contributed by atoms with Crippen LogP contribution in [0.4, 0.5) is 11.9 Å². The highest BCUT2D eigenvalue weighted by Crippen LogP contribution is 2.28. The van der Waals surface area contributed by atoms with Gasteiger partial charge in [-0.05, 0) is 61.8 Å². The highest BCUT2D eigenvalue weighted by Gasteiger charge is 2.31.